The van der Waals surface area contributed by atoms with E-state index in [0.717, 1.165) is 153 Å². The van der Waals surface area contributed by atoms with E-state index in [2.05, 4.69) is 72.8 Å². The summed E-state index contributed by atoms with van der Waals surface area (Å²) >= 11 is 0. The molecule has 606 valence electrons. The Hall–Kier alpha value is -0.00442. The first-order valence-electron chi connectivity index (χ1n) is 46.3. The van der Waals surface area contributed by atoms with Gasteiger partial charge in [0.25, 0.3) is 0 Å². The Balaban J connectivity index is 0.000000628. The van der Waals surface area contributed by atoms with Gasteiger partial charge in [-0.3, -0.25) is 0 Å². The van der Waals surface area contributed by atoms with Crippen molar-refractivity contribution in [2.24, 2.45) is 136 Å². The van der Waals surface area contributed by atoms with Crippen LogP contribution in [0.5, 0.6) is 0 Å². The zero-order chi connectivity index (χ0) is 78.8. The summed E-state index contributed by atoms with van der Waals surface area (Å²) in [7, 11) is 0. The monoisotopic (exact) mass is 1790 g/mol. The molecule has 110 heavy (non-hydrogen) atoms. The Labute approximate surface area is 785 Å². The summed E-state index contributed by atoms with van der Waals surface area (Å²) in [6.07, 6.45) is 44.8. The third-order valence-electron chi connectivity index (χ3n) is 28.2. The van der Waals surface area contributed by atoms with Crippen LogP contribution in [0.4, 0.5) is 0 Å². The molecule has 21 saturated carbocycles. The molecule has 3 aromatic carbocycles. The molecule has 18 unspecified atom stereocenters. The smallest absolute Gasteiger partial charge is 0 e. The Morgan fingerprint density at radius 2 is 0.745 bits per heavy atom. The minimum absolute atomic E-state index is 0. The largest absolute Gasteiger partial charge is 0.394 e. The van der Waals surface area contributed by atoms with Gasteiger partial charge in [0.2, 0.25) is 0 Å². The number of fused-ring (bicyclic) bond motifs is 10. The number of allylic oxidation sites excluding steroid dienone is 12. The first-order chi connectivity index (χ1) is 52.2. The number of hydrogen-bond donors (Lipinski definition) is 0. The first kappa shape index (κ1) is 108. The van der Waals surface area contributed by atoms with Crippen LogP contribution in [0.2, 0.25) is 0 Å². The van der Waals surface area contributed by atoms with Gasteiger partial charge in [0, 0.05) is 131 Å². The SMILES string of the molecule is CC.CC.CC.CC.CC.CC.CC.CC.CC.CC.CC.CC.[CH-]=C1C(=[CH-])C2C3CCC2C13.[CH-]=C1CC2CC3CCC2C(C3)C1=[CH-].[CH-]=CC1=[C-]C2C3CCC2C13.[CH-]=CC1=[C-]C2CC3CCC2C(C1)C3.[Y].[Y].[Y].[Y].c1cc2c3c(cccc3c1)C1=C2CC2CC3CCC2C1C3.c1ccc2c(c1)CC1CC3CCC1C2C3. The van der Waals surface area contributed by atoms with Crippen LogP contribution < -0.4 is 0 Å². The van der Waals surface area contributed by atoms with E-state index < -0.39 is 0 Å². The van der Waals surface area contributed by atoms with E-state index in [-0.39, 0.29) is 131 Å². The van der Waals surface area contributed by atoms with Crippen molar-refractivity contribution >= 4 is 21.9 Å². The van der Waals surface area contributed by atoms with Gasteiger partial charge in [0.15, 0.2) is 0 Å². The second-order valence-electron chi connectivity index (χ2n) is 31.3. The molecule has 0 N–H and O–H groups in total. The predicted octanol–water partition coefficient (Wildman–Crippen LogP) is 31.9. The number of benzene rings is 3. The van der Waals surface area contributed by atoms with Gasteiger partial charge >= 0.3 is 0 Å². The third-order valence-corrected chi connectivity index (χ3v) is 28.2. The maximum Gasteiger partial charge on any atom is 0 e. The fraction of sp³-hybridized carbons (Fsp3) is 0.679. The molecular formula is C106H162Y4-8. The average molecular weight is 1790 g/mol. The molecule has 0 heterocycles. The molecule has 0 saturated heterocycles. The van der Waals surface area contributed by atoms with E-state index in [1.54, 1.807) is 50.9 Å². The van der Waals surface area contributed by atoms with Crippen LogP contribution in [0.25, 0.3) is 21.9 Å². The normalized spacial score (nSPS) is 34.3. The molecular weight excluding hydrogens is 1630 g/mol. The second-order valence-corrected chi connectivity index (χ2v) is 31.3. The van der Waals surface area contributed by atoms with E-state index in [0.29, 0.717) is 17.8 Å². The molecule has 0 aromatic heterocycles. The summed E-state index contributed by atoms with van der Waals surface area (Å²) < 4.78 is 0. The molecule has 0 amide bonds. The Morgan fingerprint density at radius 1 is 0.336 bits per heavy atom. The third kappa shape index (κ3) is 22.8. The minimum Gasteiger partial charge on any atom is -0.394 e. The van der Waals surface area contributed by atoms with E-state index in [9.17, 15) is 0 Å². The number of rotatable bonds is 2. The van der Waals surface area contributed by atoms with Gasteiger partial charge < -0.3 is 97.2 Å². The van der Waals surface area contributed by atoms with E-state index in [1.165, 1.54) is 164 Å². The fourth-order valence-electron chi connectivity index (χ4n) is 25.0. The molecule has 24 bridgehead atoms. The van der Waals surface area contributed by atoms with Crippen LogP contribution in [-0.4, -0.2) is 0 Å². The predicted molar refractivity (Wildman–Crippen MR) is 469 cm³/mol. The zero-order valence-electron chi connectivity index (χ0n) is 75.5. The van der Waals surface area contributed by atoms with Crippen LogP contribution in [0, 0.1) is 188 Å². The second kappa shape index (κ2) is 55.0. The summed E-state index contributed by atoms with van der Waals surface area (Å²) in [5.74, 6) is 21.8. The van der Waals surface area contributed by atoms with Gasteiger partial charge in [-0.15, -0.1) is 48.3 Å². The van der Waals surface area contributed by atoms with E-state index >= 15 is 0 Å². The Morgan fingerprint density at radius 3 is 1.20 bits per heavy atom. The summed E-state index contributed by atoms with van der Waals surface area (Å²) in [4.78, 5) is 0. The van der Waals surface area contributed by atoms with Crippen molar-refractivity contribution in [1.29, 1.82) is 0 Å². The molecule has 21 fully saturated rings. The van der Waals surface area contributed by atoms with Gasteiger partial charge in [-0.25, -0.2) is 0 Å². The fourth-order valence-corrected chi connectivity index (χ4v) is 25.0. The maximum absolute atomic E-state index is 6.07. The quantitative estimate of drug-likeness (QED) is 0.224. The molecule has 27 aliphatic carbocycles. The molecule has 3 aromatic rings. The molecule has 18 atom stereocenters. The zero-order valence-corrected chi connectivity index (χ0v) is 86.9. The van der Waals surface area contributed by atoms with Crippen LogP contribution in [0.15, 0.2) is 106 Å². The van der Waals surface area contributed by atoms with Crippen molar-refractivity contribution < 1.29 is 131 Å². The van der Waals surface area contributed by atoms with Crippen molar-refractivity contribution in [2.75, 3.05) is 0 Å². The number of hydrogen-bond acceptors (Lipinski definition) is 0. The van der Waals surface area contributed by atoms with Gasteiger partial charge in [-0.1, -0.05) is 351 Å². The van der Waals surface area contributed by atoms with Crippen molar-refractivity contribution in [1.82, 2.24) is 0 Å². The first-order valence-corrected chi connectivity index (χ1v) is 46.3. The van der Waals surface area contributed by atoms with Gasteiger partial charge in [0.05, 0.1) is 0 Å². The standard InChI is InChI=1S/C21H20.C15H18.2C13H16.2C10H10.12C2H6.4Y/c1-3-13-4-2-6-17-20(13)16(5-1)19-11-14-9-12-7-8-15(14)18(10-12)21(17)19;1-2-4-13-11(3-1)9-12-7-10-5-6-14(12)15(13)8-10;1-8-5-11-6-10-3-4-12(11)13(7-10)9(8)2;1-2-9-5-11-7-10-3-4-13(11)12(6-9)8-10;1-5-6(2)10-7-3-4-8(10)9(5)7;1-2-6-5-9-7-3-4-8(9)10(6)7;12*1-2;;;;/h1-6,12,14-15,18H,7-11H2;1-4,10,12,14-15H,5-9H2;1-2,10-13H,3-7H2;1-2,10-13H,3-5,7-8H2;2*1-2,7-10H,3-4H2;12*1-2H3;;;;/q;;4*-2;;;;;;;;;;;;;;;;. The summed E-state index contributed by atoms with van der Waals surface area (Å²) in [6.45, 7) is 82.8. The molecule has 0 aliphatic heterocycles. The Kier molecular flexibility index (Phi) is 54.0. The van der Waals surface area contributed by atoms with Crippen LogP contribution in [-0.2, 0) is 137 Å². The summed E-state index contributed by atoms with van der Waals surface area (Å²) in [5, 5.41) is 3.01. The van der Waals surface area contributed by atoms with E-state index in [4.69, 9.17) is 39.5 Å². The summed E-state index contributed by atoms with van der Waals surface area (Å²) in [5.41, 5.74) is 16.8. The minimum atomic E-state index is 0. The van der Waals surface area contributed by atoms with Crippen molar-refractivity contribution in [2.45, 2.75) is 326 Å². The average Bonchev–Trinajstić information content (AvgIpc) is 1.53. The topological polar surface area (TPSA) is 0 Å². The van der Waals surface area contributed by atoms with Crippen LogP contribution in [0.1, 0.15) is 342 Å². The van der Waals surface area contributed by atoms with E-state index in [1.807, 2.05) is 166 Å². The van der Waals surface area contributed by atoms with Crippen molar-refractivity contribution in [3.8, 4) is 0 Å². The van der Waals surface area contributed by atoms with Crippen LogP contribution in [0.3, 0.4) is 0 Å². The van der Waals surface area contributed by atoms with Crippen molar-refractivity contribution in [3.63, 3.8) is 0 Å². The molecule has 27 aliphatic rings. The molecule has 0 spiro atoms. The molecule has 4 heteroatoms. The van der Waals surface area contributed by atoms with Crippen molar-refractivity contribution in [3.05, 3.63) is 180 Å². The van der Waals surface area contributed by atoms with Gasteiger partial charge in [0.1, 0.15) is 0 Å². The summed E-state index contributed by atoms with van der Waals surface area (Å²) in [6, 6.07) is 23.1. The van der Waals surface area contributed by atoms with Gasteiger partial charge in [-0.05, 0) is 168 Å². The van der Waals surface area contributed by atoms with Gasteiger partial charge in [-0.2, -0.15) is 0 Å². The molecule has 4 radical (unpaired) electrons. The Bertz CT molecular complexity index is 3240. The molecule has 0 nitrogen and oxygen atoms in total. The van der Waals surface area contributed by atoms with Crippen LogP contribution >= 0.6 is 0 Å². The molecule has 30 rings (SSSR count). The maximum atomic E-state index is 6.07.